The third-order valence-corrected chi connectivity index (χ3v) is 4.96. The van der Waals surface area contributed by atoms with Gasteiger partial charge in [-0.2, -0.15) is 5.10 Å². The van der Waals surface area contributed by atoms with Crippen LogP contribution in [0.15, 0.2) is 58.0 Å². The molecule has 1 aromatic heterocycles. The van der Waals surface area contributed by atoms with E-state index in [9.17, 15) is 4.79 Å². The predicted octanol–water partition coefficient (Wildman–Crippen LogP) is 4.38. The van der Waals surface area contributed by atoms with Crippen LogP contribution in [0.2, 0.25) is 0 Å². The van der Waals surface area contributed by atoms with Crippen LogP contribution in [0, 0.1) is 11.8 Å². The van der Waals surface area contributed by atoms with E-state index in [1.54, 1.807) is 0 Å². The number of hydrazone groups is 1. The maximum atomic E-state index is 12.1. The molecule has 0 fully saturated rings. The normalized spacial score (nSPS) is 20.1. The first-order chi connectivity index (χ1) is 12.7. The lowest BCUT2D eigenvalue weighted by Crippen LogP contribution is -2.40. The maximum absolute atomic E-state index is 12.1. The summed E-state index contributed by atoms with van der Waals surface area (Å²) in [6, 6.07) is 15.7. The lowest BCUT2D eigenvalue weighted by atomic mass is 9.82. The molecule has 5 nitrogen and oxygen atoms in total. The second kappa shape index (κ2) is 6.75. The summed E-state index contributed by atoms with van der Waals surface area (Å²) in [6.45, 7) is 4.16. The number of fused-ring (bicyclic) bond motifs is 1. The number of nitrogens with zero attached hydrogens (tertiary/aromatic N) is 2. The summed E-state index contributed by atoms with van der Waals surface area (Å²) in [5.74, 6) is 0.638. The van der Waals surface area contributed by atoms with Gasteiger partial charge in [0.15, 0.2) is 5.58 Å². The van der Waals surface area contributed by atoms with Crippen molar-refractivity contribution in [2.45, 2.75) is 26.7 Å². The molecule has 1 aliphatic heterocycles. The molecule has 2 aromatic carbocycles. The largest absolute Gasteiger partial charge is 0.436 e. The van der Waals surface area contributed by atoms with Gasteiger partial charge in [0.05, 0.1) is 5.71 Å². The Hall–Kier alpha value is -2.95. The lowest BCUT2D eigenvalue weighted by molar-refractivity contribution is -0.126. The van der Waals surface area contributed by atoms with E-state index in [1.807, 2.05) is 48.5 Å². The summed E-state index contributed by atoms with van der Waals surface area (Å²) in [6.07, 6.45) is 1.83. The van der Waals surface area contributed by atoms with Crippen LogP contribution >= 0.6 is 0 Å². The topological polar surface area (TPSA) is 67.5 Å². The number of carbonyl (C=O) groups excluding carboxylic acids is 1. The number of carbonyl (C=O) groups is 1. The van der Waals surface area contributed by atoms with Crippen molar-refractivity contribution < 1.29 is 9.21 Å². The summed E-state index contributed by atoms with van der Waals surface area (Å²) in [5.41, 5.74) is 7.01. The molecule has 0 spiro atoms. The molecular weight excluding hydrogens is 326 g/mol. The average Bonchev–Trinajstić information content (AvgIpc) is 3.09. The zero-order chi connectivity index (χ0) is 18.1. The summed E-state index contributed by atoms with van der Waals surface area (Å²) in [7, 11) is 0. The van der Waals surface area contributed by atoms with Gasteiger partial charge >= 0.3 is 0 Å². The third-order valence-electron chi connectivity index (χ3n) is 4.96. The number of amides is 1. The van der Waals surface area contributed by atoms with Crippen LogP contribution < -0.4 is 5.43 Å². The molecule has 0 saturated heterocycles. The van der Waals surface area contributed by atoms with E-state index in [4.69, 9.17) is 4.42 Å². The van der Waals surface area contributed by atoms with Gasteiger partial charge in [-0.05, 0) is 30.7 Å². The Balaban J connectivity index is 1.70. The van der Waals surface area contributed by atoms with Gasteiger partial charge in [0.2, 0.25) is 11.8 Å². The van der Waals surface area contributed by atoms with Gasteiger partial charge in [-0.15, -0.1) is 0 Å². The standard InChI is InChI=1S/C21H21N3O2/c1-3-7-16-13(2)19(23-24-20(16)25)15-10-11-17-18(12-15)26-21(22-17)14-8-5-4-6-9-14/h4-6,8-13,16H,3,7H2,1-2H3,(H,24,25)/t13-,16-/m0/s1. The highest BCUT2D eigenvalue weighted by Gasteiger charge is 2.32. The Kier molecular flexibility index (Phi) is 4.29. The Morgan fingerprint density at radius 3 is 2.69 bits per heavy atom. The number of nitrogens with one attached hydrogen (secondary N) is 1. The molecule has 1 N–H and O–H groups in total. The van der Waals surface area contributed by atoms with Crippen molar-refractivity contribution in [3.05, 3.63) is 54.1 Å². The second-order valence-electron chi connectivity index (χ2n) is 6.72. The van der Waals surface area contributed by atoms with E-state index in [1.165, 1.54) is 0 Å². The molecule has 4 rings (SSSR count). The lowest BCUT2D eigenvalue weighted by Gasteiger charge is -2.27. The Morgan fingerprint density at radius 2 is 1.92 bits per heavy atom. The molecule has 1 aliphatic rings. The molecule has 1 amide bonds. The quantitative estimate of drug-likeness (QED) is 0.761. The molecule has 3 aromatic rings. The van der Waals surface area contributed by atoms with Crippen molar-refractivity contribution in [1.82, 2.24) is 10.4 Å². The maximum Gasteiger partial charge on any atom is 0.243 e. The predicted molar refractivity (Wildman–Crippen MR) is 102 cm³/mol. The van der Waals surface area contributed by atoms with Gasteiger partial charge in [0.25, 0.3) is 0 Å². The number of hydrogen-bond acceptors (Lipinski definition) is 4. The van der Waals surface area contributed by atoms with Crippen molar-refractivity contribution in [3.8, 4) is 11.5 Å². The molecular formula is C21H21N3O2. The van der Waals surface area contributed by atoms with Crippen LogP contribution in [-0.2, 0) is 4.79 Å². The number of aromatic nitrogens is 1. The van der Waals surface area contributed by atoms with E-state index >= 15 is 0 Å². The first kappa shape index (κ1) is 16.5. The fourth-order valence-electron chi connectivity index (χ4n) is 3.53. The zero-order valence-corrected chi connectivity index (χ0v) is 14.9. The van der Waals surface area contributed by atoms with Crippen LogP contribution in [0.25, 0.3) is 22.6 Å². The first-order valence-corrected chi connectivity index (χ1v) is 9.01. The highest BCUT2D eigenvalue weighted by Crippen LogP contribution is 2.29. The van der Waals surface area contributed by atoms with E-state index in [-0.39, 0.29) is 17.7 Å². The molecule has 0 saturated carbocycles. The fourth-order valence-corrected chi connectivity index (χ4v) is 3.53. The van der Waals surface area contributed by atoms with Crippen LogP contribution in [-0.4, -0.2) is 16.6 Å². The van der Waals surface area contributed by atoms with Crippen LogP contribution in [0.3, 0.4) is 0 Å². The van der Waals surface area contributed by atoms with Gasteiger partial charge in [-0.1, -0.05) is 44.5 Å². The van der Waals surface area contributed by atoms with Gasteiger partial charge in [-0.3, -0.25) is 4.79 Å². The van der Waals surface area contributed by atoms with Crippen molar-refractivity contribution >= 4 is 22.7 Å². The van der Waals surface area contributed by atoms with Crippen LogP contribution in [0.4, 0.5) is 0 Å². The molecule has 0 bridgehead atoms. The molecule has 26 heavy (non-hydrogen) atoms. The summed E-state index contributed by atoms with van der Waals surface area (Å²) in [5, 5.41) is 4.32. The SMILES string of the molecule is CCC[C@@H]1C(=O)NN=C(c2ccc3nc(-c4ccccc4)oc3c2)[C@H]1C. The minimum atomic E-state index is -0.0437. The minimum absolute atomic E-state index is 0.00945. The number of rotatable bonds is 4. The fraction of sp³-hybridized carbons (Fsp3) is 0.286. The Bertz CT molecular complexity index is 975. The van der Waals surface area contributed by atoms with Gasteiger partial charge in [0, 0.05) is 23.0 Å². The van der Waals surface area contributed by atoms with Crippen molar-refractivity contribution in [2.24, 2.45) is 16.9 Å². The molecule has 2 atom stereocenters. The molecule has 132 valence electrons. The van der Waals surface area contributed by atoms with Crippen molar-refractivity contribution in [3.63, 3.8) is 0 Å². The van der Waals surface area contributed by atoms with E-state index < -0.39 is 0 Å². The molecule has 0 aliphatic carbocycles. The van der Waals surface area contributed by atoms with Crippen molar-refractivity contribution in [2.75, 3.05) is 0 Å². The summed E-state index contributed by atoms with van der Waals surface area (Å²) in [4.78, 5) is 16.7. The molecule has 5 heteroatoms. The zero-order valence-electron chi connectivity index (χ0n) is 14.9. The second-order valence-corrected chi connectivity index (χ2v) is 6.72. The van der Waals surface area contributed by atoms with E-state index in [0.717, 1.165) is 40.8 Å². The van der Waals surface area contributed by atoms with E-state index in [0.29, 0.717) is 5.89 Å². The van der Waals surface area contributed by atoms with Crippen LogP contribution in [0.1, 0.15) is 32.3 Å². The first-order valence-electron chi connectivity index (χ1n) is 9.01. The Morgan fingerprint density at radius 1 is 1.12 bits per heavy atom. The third kappa shape index (κ3) is 2.90. The number of benzene rings is 2. The summed E-state index contributed by atoms with van der Waals surface area (Å²) >= 11 is 0. The van der Waals surface area contributed by atoms with Crippen LogP contribution in [0.5, 0.6) is 0 Å². The van der Waals surface area contributed by atoms with Gasteiger partial charge in [0.1, 0.15) is 5.52 Å². The monoisotopic (exact) mass is 347 g/mol. The molecule has 2 heterocycles. The van der Waals surface area contributed by atoms with Gasteiger partial charge in [-0.25, -0.2) is 10.4 Å². The Labute approximate surface area is 152 Å². The molecule has 0 unspecified atom stereocenters. The summed E-state index contributed by atoms with van der Waals surface area (Å²) < 4.78 is 5.96. The van der Waals surface area contributed by atoms with Crippen molar-refractivity contribution in [1.29, 1.82) is 0 Å². The highest BCUT2D eigenvalue weighted by molar-refractivity contribution is 6.07. The minimum Gasteiger partial charge on any atom is -0.436 e. The van der Waals surface area contributed by atoms with E-state index in [2.05, 4.69) is 29.4 Å². The smallest absolute Gasteiger partial charge is 0.243 e. The number of hydrogen-bond donors (Lipinski definition) is 1. The highest BCUT2D eigenvalue weighted by atomic mass is 16.3. The van der Waals surface area contributed by atoms with Gasteiger partial charge < -0.3 is 4.42 Å². The molecule has 0 radical (unpaired) electrons. The number of oxazole rings is 1. The average molecular weight is 347 g/mol.